The van der Waals surface area contributed by atoms with E-state index >= 15 is 0 Å². The Morgan fingerprint density at radius 3 is 2.22 bits per heavy atom. The number of ether oxygens (including phenoxy) is 5. The van der Waals surface area contributed by atoms with Gasteiger partial charge in [-0.2, -0.15) is 0 Å². The smallest absolute Gasteiger partial charge is 0.314 e. The number of nitrogens with one attached hydrogen (secondary N) is 1. The Morgan fingerprint density at radius 1 is 0.944 bits per heavy atom. The van der Waals surface area contributed by atoms with Gasteiger partial charge in [-0.05, 0) is 13.5 Å². The molecule has 16 nitrogen and oxygen atoms in total. The number of likely N-dealkylation sites (N-methyl/N-ethyl adjacent to an activating group) is 1. The van der Waals surface area contributed by atoms with E-state index in [0.29, 0.717) is 0 Å². The molecule has 13 N–H and O–H groups in total. The van der Waals surface area contributed by atoms with Crippen molar-refractivity contribution in [3.63, 3.8) is 0 Å². The van der Waals surface area contributed by atoms with Gasteiger partial charge in [0, 0.05) is 12.1 Å². The first-order chi connectivity index (χ1) is 17.0. The van der Waals surface area contributed by atoms with Crippen LogP contribution in [0, 0.1) is 0 Å². The van der Waals surface area contributed by atoms with Crippen LogP contribution < -0.4 is 16.8 Å². The number of aliphatic hydroxyl groups is 8. The molecule has 4 aliphatic rings. The monoisotopic (exact) mass is 527 g/mol. The predicted octanol–water partition coefficient (Wildman–Crippen LogP) is -7.27. The first-order valence-corrected chi connectivity index (χ1v) is 11.8. The highest BCUT2D eigenvalue weighted by atomic mass is 16.9. The molecule has 0 bridgehead atoms. The number of hydrogen-bond acceptors (Lipinski definition) is 16. The molecule has 0 radical (unpaired) electrons. The van der Waals surface area contributed by atoms with E-state index < -0.39 is 111 Å². The van der Waals surface area contributed by atoms with Gasteiger partial charge in [-0.3, -0.25) is 0 Å². The highest BCUT2D eigenvalue weighted by molar-refractivity contribution is 5.05. The summed E-state index contributed by atoms with van der Waals surface area (Å²) in [6.07, 6.45) is -17.7. The maximum absolute atomic E-state index is 10.7. The molecule has 1 spiro atoms. The first kappa shape index (κ1) is 28.4. The van der Waals surface area contributed by atoms with Crippen LogP contribution in [-0.4, -0.2) is 159 Å². The van der Waals surface area contributed by atoms with Gasteiger partial charge in [0.25, 0.3) is 0 Å². The summed E-state index contributed by atoms with van der Waals surface area (Å²) in [5.41, 5.74) is 11.8. The molecule has 3 saturated heterocycles. The Kier molecular flexibility index (Phi) is 8.55. The van der Waals surface area contributed by atoms with E-state index in [0.717, 1.165) is 0 Å². The normalized spacial score (nSPS) is 54.4. The number of aliphatic hydroxyl groups excluding tert-OH is 8. The highest BCUT2D eigenvalue weighted by Crippen LogP contribution is 2.45. The lowest BCUT2D eigenvalue weighted by Crippen LogP contribution is -2.69. The van der Waals surface area contributed by atoms with Crippen molar-refractivity contribution >= 4 is 0 Å². The van der Waals surface area contributed by atoms with Crippen molar-refractivity contribution in [2.24, 2.45) is 11.5 Å². The number of hydrogen-bond donors (Lipinski definition) is 11. The summed E-state index contributed by atoms with van der Waals surface area (Å²) in [6.45, 7) is -1.33. The summed E-state index contributed by atoms with van der Waals surface area (Å²) in [6, 6.07) is -2.50. The molecule has 16 heteroatoms. The van der Waals surface area contributed by atoms with Crippen molar-refractivity contribution in [2.45, 2.75) is 104 Å². The fourth-order valence-electron chi connectivity index (χ4n) is 5.23. The van der Waals surface area contributed by atoms with Gasteiger partial charge in [0.2, 0.25) is 0 Å². The average Bonchev–Trinajstić information content (AvgIpc) is 3.27. The molecule has 3 aliphatic heterocycles. The summed E-state index contributed by atoms with van der Waals surface area (Å²) in [5.74, 6) is -2.48. The third-order valence-electron chi connectivity index (χ3n) is 7.42. The standard InChI is InChI=1S/C20H37N3O13/c1-23-7-2-5(21)9(26)15(10(7)27)33-19-17-16(11(28)8(4-25)32-19)35-20(36-17)18(31)13(30)12(29)14(34-20)6(22)3-24/h5-19,23-31H,2-4,21-22H2,1H3/t5?,6-,7?,8?,9-,10?,11-,12+,13?,14?,15?,16?,17?,18-,19-,20?/m0/s1. The largest absolute Gasteiger partial charge is 0.395 e. The zero-order valence-electron chi connectivity index (χ0n) is 19.6. The molecule has 0 aromatic carbocycles. The Bertz CT molecular complexity index is 756. The van der Waals surface area contributed by atoms with Crippen LogP contribution in [0.25, 0.3) is 0 Å². The van der Waals surface area contributed by atoms with Crippen LogP contribution in [-0.2, 0) is 23.7 Å². The lowest BCUT2D eigenvalue weighted by Gasteiger charge is -2.46. The van der Waals surface area contributed by atoms with Crippen LogP contribution in [0.4, 0.5) is 0 Å². The maximum atomic E-state index is 10.7. The van der Waals surface area contributed by atoms with Gasteiger partial charge in [0.1, 0.15) is 48.8 Å². The zero-order chi connectivity index (χ0) is 26.5. The number of fused-ring (bicyclic) bond motifs is 1. The van der Waals surface area contributed by atoms with Gasteiger partial charge < -0.3 is 81.3 Å². The molecule has 10 unspecified atom stereocenters. The summed E-state index contributed by atoms with van der Waals surface area (Å²) in [5, 5.41) is 85.6. The van der Waals surface area contributed by atoms with Crippen LogP contribution in [0.2, 0.25) is 0 Å². The van der Waals surface area contributed by atoms with E-state index in [1.165, 1.54) is 0 Å². The Hall–Kier alpha value is -0.640. The lowest BCUT2D eigenvalue weighted by molar-refractivity contribution is -0.439. The van der Waals surface area contributed by atoms with Crippen molar-refractivity contribution < 1.29 is 64.5 Å². The maximum Gasteiger partial charge on any atom is 0.314 e. The second-order valence-electron chi connectivity index (χ2n) is 9.72. The summed E-state index contributed by atoms with van der Waals surface area (Å²) in [7, 11) is 1.60. The predicted molar refractivity (Wildman–Crippen MR) is 115 cm³/mol. The molecule has 4 fully saturated rings. The summed E-state index contributed by atoms with van der Waals surface area (Å²) < 4.78 is 28.7. The minimum absolute atomic E-state index is 0.254. The van der Waals surface area contributed by atoms with Gasteiger partial charge in [-0.25, -0.2) is 0 Å². The third kappa shape index (κ3) is 4.68. The molecule has 0 aromatic rings. The second-order valence-corrected chi connectivity index (χ2v) is 9.72. The molecule has 4 rings (SSSR count). The fraction of sp³-hybridized carbons (Fsp3) is 1.00. The van der Waals surface area contributed by atoms with Crippen molar-refractivity contribution in [2.75, 3.05) is 20.3 Å². The highest BCUT2D eigenvalue weighted by Gasteiger charge is 2.67. The Morgan fingerprint density at radius 2 is 1.61 bits per heavy atom. The van der Waals surface area contributed by atoms with Crippen molar-refractivity contribution in [1.82, 2.24) is 5.32 Å². The topological polar surface area (TPSA) is 272 Å². The minimum atomic E-state index is -2.48. The van der Waals surface area contributed by atoms with Crippen molar-refractivity contribution in [3.05, 3.63) is 0 Å². The quantitative estimate of drug-likeness (QED) is 0.153. The van der Waals surface area contributed by atoms with E-state index in [-0.39, 0.29) is 6.42 Å². The van der Waals surface area contributed by atoms with E-state index in [1.54, 1.807) is 7.05 Å². The molecule has 1 aliphatic carbocycles. The lowest BCUT2D eigenvalue weighted by atomic mass is 9.84. The van der Waals surface area contributed by atoms with E-state index in [4.69, 9.17) is 35.2 Å². The Labute approximate surface area is 206 Å². The molecule has 210 valence electrons. The molecule has 0 aromatic heterocycles. The van der Waals surface area contributed by atoms with E-state index in [9.17, 15) is 40.9 Å². The van der Waals surface area contributed by atoms with Gasteiger partial charge in [-0.1, -0.05) is 0 Å². The van der Waals surface area contributed by atoms with E-state index in [1.807, 2.05) is 0 Å². The Balaban J connectivity index is 1.62. The van der Waals surface area contributed by atoms with Crippen LogP contribution in [0.5, 0.6) is 0 Å². The van der Waals surface area contributed by atoms with Crippen molar-refractivity contribution in [3.8, 4) is 0 Å². The fourth-order valence-corrected chi connectivity index (χ4v) is 5.23. The van der Waals surface area contributed by atoms with Gasteiger partial charge in [0.15, 0.2) is 12.4 Å². The summed E-state index contributed by atoms with van der Waals surface area (Å²) >= 11 is 0. The molecule has 1 saturated carbocycles. The molecule has 0 amide bonds. The second kappa shape index (κ2) is 10.9. The average molecular weight is 528 g/mol. The molecular weight excluding hydrogens is 490 g/mol. The molecule has 3 heterocycles. The number of rotatable bonds is 6. The van der Waals surface area contributed by atoms with Crippen LogP contribution in [0.3, 0.4) is 0 Å². The first-order valence-electron chi connectivity index (χ1n) is 11.8. The van der Waals surface area contributed by atoms with Gasteiger partial charge in [0.05, 0.1) is 31.5 Å². The van der Waals surface area contributed by atoms with E-state index in [2.05, 4.69) is 5.32 Å². The zero-order valence-corrected chi connectivity index (χ0v) is 19.6. The summed E-state index contributed by atoms with van der Waals surface area (Å²) in [4.78, 5) is 0. The number of nitrogens with two attached hydrogens (primary N) is 2. The van der Waals surface area contributed by atoms with Gasteiger partial charge >= 0.3 is 5.97 Å². The van der Waals surface area contributed by atoms with Crippen molar-refractivity contribution in [1.29, 1.82) is 0 Å². The molecule has 16 atom stereocenters. The SMILES string of the molecule is CNC1CC(N)[C@H](O)C(O[C@@H]2OC(CO)[C@H](O)C3OC4(OC32)OC([C@@H](N)CO)[C@H](O)C(O)[C@@H]4O)C1O. The van der Waals surface area contributed by atoms with Crippen LogP contribution in [0.1, 0.15) is 6.42 Å². The molecule has 36 heavy (non-hydrogen) atoms. The van der Waals surface area contributed by atoms with Crippen LogP contribution >= 0.6 is 0 Å². The van der Waals surface area contributed by atoms with Gasteiger partial charge in [-0.15, -0.1) is 0 Å². The molecular formula is C20H37N3O13. The van der Waals surface area contributed by atoms with Crippen LogP contribution in [0.15, 0.2) is 0 Å². The minimum Gasteiger partial charge on any atom is -0.395 e. The third-order valence-corrected chi connectivity index (χ3v) is 7.42.